The lowest BCUT2D eigenvalue weighted by Gasteiger charge is -2.19. The highest BCUT2D eigenvalue weighted by Gasteiger charge is 2.42. The van der Waals surface area contributed by atoms with Crippen LogP contribution in [0.5, 0.6) is 0 Å². The summed E-state index contributed by atoms with van der Waals surface area (Å²) in [6.45, 7) is 0. The van der Waals surface area contributed by atoms with Gasteiger partial charge < -0.3 is 0 Å². The molecule has 26 heavy (non-hydrogen) atoms. The molecule has 0 N–H and O–H groups in total. The van der Waals surface area contributed by atoms with Crippen LogP contribution in [0.25, 0.3) is 0 Å². The highest BCUT2D eigenvalue weighted by molar-refractivity contribution is 7.96. The number of hydrogen-bond donors (Lipinski definition) is 0. The molecule has 3 rings (SSSR count). The van der Waals surface area contributed by atoms with E-state index in [2.05, 4.69) is 0 Å². The average Bonchev–Trinajstić information content (AvgIpc) is 3.19. The van der Waals surface area contributed by atoms with E-state index in [4.69, 9.17) is 0 Å². The van der Waals surface area contributed by atoms with Crippen molar-refractivity contribution in [3.05, 3.63) is 34.4 Å². The maximum absolute atomic E-state index is 13.6. The summed E-state index contributed by atoms with van der Waals surface area (Å²) in [5.74, 6) is 3.52. The maximum Gasteiger partial charge on any atom is 0.416 e. The van der Waals surface area contributed by atoms with Crippen LogP contribution in [-0.2, 0) is 45.6 Å². The molecule has 0 unspecified atom stereocenters. The average molecular weight is 416 g/mol. The van der Waals surface area contributed by atoms with Gasteiger partial charge in [0.2, 0.25) is 0 Å². The Bertz CT molecular complexity index is 570. The van der Waals surface area contributed by atoms with E-state index in [9.17, 15) is 26.3 Å². The first-order valence-corrected chi connectivity index (χ1v) is 12.2. The number of benzene rings is 1. The van der Waals surface area contributed by atoms with E-state index in [0.29, 0.717) is 0 Å². The van der Waals surface area contributed by atoms with E-state index in [1.807, 2.05) is 0 Å². The van der Waals surface area contributed by atoms with Crippen molar-refractivity contribution in [2.24, 2.45) is 0 Å². The van der Waals surface area contributed by atoms with Crippen molar-refractivity contribution in [3.63, 3.8) is 0 Å². The maximum atomic E-state index is 13.6. The standard InChI is InChI=1S/C18H22F6S2/c19-17(20,21)15-10-14(12-26-7-3-4-8-26)16(18(22,23)24)9-13(15)11-25-5-1-2-6-25/h9-10H,1-8,11-12H2/q+2. The van der Waals surface area contributed by atoms with Gasteiger partial charge in [-0.2, -0.15) is 26.3 Å². The Labute approximate surface area is 155 Å². The van der Waals surface area contributed by atoms with Gasteiger partial charge in [-0.05, 0) is 59.6 Å². The predicted molar refractivity (Wildman–Crippen MR) is 96.5 cm³/mol. The van der Waals surface area contributed by atoms with Crippen LogP contribution in [0.15, 0.2) is 12.1 Å². The van der Waals surface area contributed by atoms with Gasteiger partial charge in [0.05, 0.1) is 11.1 Å². The van der Waals surface area contributed by atoms with Crippen LogP contribution in [0.3, 0.4) is 0 Å². The van der Waals surface area contributed by atoms with Gasteiger partial charge >= 0.3 is 12.4 Å². The van der Waals surface area contributed by atoms with Gasteiger partial charge in [0.15, 0.2) is 0 Å². The molecule has 0 amide bonds. The predicted octanol–water partition coefficient (Wildman–Crippen LogP) is 5.55. The lowest BCUT2D eigenvalue weighted by molar-refractivity contribution is -0.142. The summed E-state index contributed by atoms with van der Waals surface area (Å²) >= 11 is 0. The molecular weight excluding hydrogens is 394 g/mol. The topological polar surface area (TPSA) is 0 Å². The van der Waals surface area contributed by atoms with E-state index in [1.54, 1.807) is 0 Å². The smallest absolute Gasteiger partial charge is 0.166 e. The Hall–Kier alpha value is -0.500. The van der Waals surface area contributed by atoms with E-state index in [0.717, 1.165) is 60.8 Å². The monoisotopic (exact) mass is 416 g/mol. The molecule has 2 saturated heterocycles. The SMILES string of the molecule is FC(F)(F)c1cc(C[S+]2CCCC2)c(C(F)(F)F)cc1C[S+]1CCCC1. The van der Waals surface area contributed by atoms with Crippen molar-refractivity contribution >= 4 is 21.8 Å². The first-order chi connectivity index (χ1) is 12.1. The Kier molecular flexibility index (Phi) is 6.12. The van der Waals surface area contributed by atoms with Crippen LogP contribution < -0.4 is 0 Å². The number of alkyl halides is 6. The van der Waals surface area contributed by atoms with E-state index in [1.165, 1.54) is 0 Å². The van der Waals surface area contributed by atoms with Crippen molar-refractivity contribution < 1.29 is 26.3 Å². The molecule has 0 spiro atoms. The van der Waals surface area contributed by atoms with Gasteiger partial charge in [-0.3, -0.25) is 0 Å². The van der Waals surface area contributed by atoms with Gasteiger partial charge in [-0.25, -0.2) is 0 Å². The summed E-state index contributed by atoms with van der Waals surface area (Å²) < 4.78 is 81.4. The fraction of sp³-hybridized carbons (Fsp3) is 0.667. The molecule has 0 saturated carbocycles. The normalized spacial score (nSPS) is 20.2. The van der Waals surface area contributed by atoms with Crippen molar-refractivity contribution in [2.45, 2.75) is 49.5 Å². The zero-order chi connectivity index (χ0) is 18.9. The van der Waals surface area contributed by atoms with Crippen molar-refractivity contribution in [1.82, 2.24) is 0 Å². The van der Waals surface area contributed by atoms with E-state index < -0.39 is 23.5 Å². The molecule has 146 valence electrons. The number of halogens is 6. The largest absolute Gasteiger partial charge is 0.416 e. The van der Waals surface area contributed by atoms with Crippen molar-refractivity contribution in [3.8, 4) is 0 Å². The molecule has 0 aliphatic carbocycles. The van der Waals surface area contributed by atoms with Gasteiger partial charge in [0, 0.05) is 11.1 Å². The van der Waals surface area contributed by atoms with Crippen LogP contribution >= 0.6 is 0 Å². The fourth-order valence-electron chi connectivity index (χ4n) is 3.61. The first kappa shape index (κ1) is 20.2. The molecule has 8 heteroatoms. The second-order valence-corrected chi connectivity index (χ2v) is 11.6. The lowest BCUT2D eigenvalue weighted by Crippen LogP contribution is -2.20. The van der Waals surface area contributed by atoms with Crippen molar-refractivity contribution in [2.75, 3.05) is 23.0 Å². The van der Waals surface area contributed by atoms with Gasteiger partial charge in [0.25, 0.3) is 0 Å². The van der Waals surface area contributed by atoms with Gasteiger partial charge in [0.1, 0.15) is 34.5 Å². The minimum absolute atomic E-state index is 0.115. The van der Waals surface area contributed by atoms with Crippen LogP contribution in [-0.4, -0.2) is 23.0 Å². The molecule has 0 radical (unpaired) electrons. The summed E-state index contributed by atoms with van der Waals surface area (Å²) in [4.78, 5) is 0. The molecular formula is C18H22F6S2+2. The minimum Gasteiger partial charge on any atom is -0.166 e. The third-order valence-corrected chi connectivity index (χ3v) is 9.79. The quantitative estimate of drug-likeness (QED) is 0.446. The molecule has 2 aliphatic heterocycles. The zero-order valence-electron chi connectivity index (χ0n) is 14.3. The molecule has 1 aromatic rings. The minimum atomic E-state index is -4.61. The van der Waals surface area contributed by atoms with Gasteiger partial charge in [-0.15, -0.1) is 0 Å². The highest BCUT2D eigenvalue weighted by Crippen LogP contribution is 2.41. The molecule has 2 heterocycles. The second kappa shape index (κ2) is 7.86. The molecule has 0 bridgehead atoms. The Morgan fingerprint density at radius 3 is 1.19 bits per heavy atom. The zero-order valence-corrected chi connectivity index (χ0v) is 15.9. The van der Waals surface area contributed by atoms with Crippen molar-refractivity contribution in [1.29, 1.82) is 0 Å². The lowest BCUT2D eigenvalue weighted by atomic mass is 9.99. The molecule has 0 atom stereocenters. The summed E-state index contributed by atoms with van der Waals surface area (Å²) in [6.07, 6.45) is -5.41. The molecule has 0 aromatic heterocycles. The Morgan fingerprint density at radius 2 is 0.923 bits per heavy atom. The number of hydrogen-bond acceptors (Lipinski definition) is 0. The molecule has 2 aliphatic rings. The fourth-order valence-corrected chi connectivity index (χ4v) is 8.41. The third-order valence-electron chi connectivity index (χ3n) is 4.89. The summed E-state index contributed by atoms with van der Waals surface area (Å²) in [5, 5.41) is 0. The summed E-state index contributed by atoms with van der Waals surface area (Å²) in [5.41, 5.74) is -2.06. The van der Waals surface area contributed by atoms with Crippen LogP contribution in [0.4, 0.5) is 26.3 Å². The van der Waals surface area contributed by atoms with E-state index >= 15 is 0 Å². The molecule has 1 aromatic carbocycles. The van der Waals surface area contributed by atoms with Gasteiger partial charge in [-0.1, -0.05) is 0 Å². The van der Waals surface area contributed by atoms with Crippen LogP contribution in [0.1, 0.15) is 47.9 Å². The second-order valence-electron chi connectivity index (χ2n) is 6.91. The summed E-state index contributed by atoms with van der Waals surface area (Å²) in [6, 6.07) is 1.62. The highest BCUT2D eigenvalue weighted by atomic mass is 32.2. The molecule has 0 nitrogen and oxygen atoms in total. The van der Waals surface area contributed by atoms with Crippen LogP contribution in [0.2, 0.25) is 0 Å². The Balaban J connectivity index is 2.01. The van der Waals surface area contributed by atoms with Crippen LogP contribution in [0, 0.1) is 0 Å². The Morgan fingerprint density at radius 1 is 0.615 bits per heavy atom. The summed E-state index contributed by atoms with van der Waals surface area (Å²) in [7, 11) is -0.469. The third kappa shape index (κ3) is 4.86. The first-order valence-electron chi connectivity index (χ1n) is 8.73. The van der Waals surface area contributed by atoms with E-state index in [-0.39, 0.29) is 44.4 Å². The number of rotatable bonds is 4. The molecule has 2 fully saturated rings.